The molecule has 26 heteroatoms. The van der Waals surface area contributed by atoms with Crippen molar-refractivity contribution < 1.29 is 54.5 Å². The number of halogens is 4. The van der Waals surface area contributed by atoms with Crippen LogP contribution in [0.25, 0.3) is 64.9 Å². The van der Waals surface area contributed by atoms with Gasteiger partial charge in [0.2, 0.25) is 11.8 Å². The lowest BCUT2D eigenvalue weighted by Gasteiger charge is -2.24. The Bertz CT molecular complexity index is 5090. The zero-order valence-corrected chi connectivity index (χ0v) is 57.0. The molecule has 0 fully saturated rings. The number of nitrogens with zero attached hydrogens (tertiary/aromatic N) is 6. The van der Waals surface area contributed by atoms with Gasteiger partial charge in [0.25, 0.3) is 10.0 Å². The zero-order chi connectivity index (χ0) is 69.9. The lowest BCUT2D eigenvalue weighted by molar-refractivity contribution is -0.120. The molecule has 8 aromatic carbocycles. The first-order chi connectivity index (χ1) is 48.7. The maximum atomic E-state index is 13.1. The third kappa shape index (κ3) is 15.2. The van der Waals surface area contributed by atoms with Gasteiger partial charge in [0, 0.05) is 59.1 Å². The minimum Gasteiger partial charge on any atom is -0.497 e. The third-order valence-electron chi connectivity index (χ3n) is 16.6. The van der Waals surface area contributed by atoms with E-state index in [1.807, 2.05) is 194 Å². The molecule has 0 atom stereocenters. The van der Waals surface area contributed by atoms with Crippen LogP contribution in [0.3, 0.4) is 0 Å². The van der Waals surface area contributed by atoms with Crippen molar-refractivity contribution in [2.75, 3.05) is 27.4 Å². The Kier molecular flexibility index (Phi) is 21.8. The van der Waals surface area contributed by atoms with Crippen LogP contribution in [-0.4, -0.2) is 91.8 Å². The van der Waals surface area contributed by atoms with E-state index in [4.69, 9.17) is 28.9 Å². The van der Waals surface area contributed by atoms with Gasteiger partial charge >= 0.3 is 25.2 Å². The molecule has 4 aromatic heterocycles. The van der Waals surface area contributed by atoms with E-state index in [-0.39, 0.29) is 62.0 Å². The highest BCUT2D eigenvalue weighted by atomic mass is 32.2. The number of hydrogen-bond donors (Lipinski definition) is 2. The SMILES string of the molecule is COc1ccc2sc(/C(C#N)=c3/c4c(-c5ccc(OCCCCC(=O)NS(=O)(=O)C(F)F)cc5)n(B(c5ccccc5)c5ccccc5)/c(=C(/C#N)c5nc6cc(OC)ccc6s5)c4c(-c4ccc(OCCCCC(=O)NSC(F)F)cc4)n3B(c3ccccc3)c3ccccc3)nc2c1. The summed E-state index contributed by atoms with van der Waals surface area (Å²) in [6, 6.07) is 71.4. The second-order valence-corrected chi connectivity index (χ2v) is 27.4. The number of nitrogens with one attached hydrogen (secondary N) is 2. The Labute approximate surface area is 586 Å². The molecule has 0 bridgehead atoms. The van der Waals surface area contributed by atoms with Crippen LogP contribution in [-0.2, 0) is 19.6 Å². The van der Waals surface area contributed by atoms with Crippen molar-refractivity contribution in [2.45, 2.75) is 50.0 Å². The van der Waals surface area contributed by atoms with E-state index in [1.54, 1.807) is 26.4 Å². The van der Waals surface area contributed by atoms with Gasteiger partial charge in [-0.15, -0.1) is 22.7 Å². The normalized spacial score (nSPS) is 12.1. The van der Waals surface area contributed by atoms with Gasteiger partial charge in [0.15, 0.2) is 0 Å². The van der Waals surface area contributed by atoms with E-state index in [9.17, 15) is 46.1 Å². The molecule has 0 unspecified atom stereocenters. The number of unbranched alkanes of at least 4 members (excludes halogenated alkanes) is 2. The van der Waals surface area contributed by atoms with Crippen LogP contribution in [0, 0.1) is 22.7 Å². The first-order valence-electron chi connectivity index (χ1n) is 31.6. The Hall–Kier alpha value is -10.6. The molecule has 2 amide bonds. The van der Waals surface area contributed by atoms with Gasteiger partial charge in [-0.05, 0) is 110 Å². The zero-order valence-electron chi connectivity index (χ0n) is 53.7. The number of alkyl halides is 4. The number of nitriles is 2. The summed E-state index contributed by atoms with van der Waals surface area (Å²) in [6.45, 7) is -1.20. The first kappa shape index (κ1) is 69.3. The Morgan fingerprint density at radius 1 is 0.530 bits per heavy atom. The summed E-state index contributed by atoms with van der Waals surface area (Å²) >= 11 is 2.75. The van der Waals surface area contributed by atoms with Crippen LogP contribution in [0.5, 0.6) is 23.0 Å². The van der Waals surface area contributed by atoms with Crippen LogP contribution in [0.15, 0.2) is 206 Å². The molecule has 502 valence electrons. The molecule has 2 N–H and O–H groups in total. The number of benzene rings is 8. The number of carbonyl (C=O) groups is 2. The minimum absolute atomic E-state index is 0.0234. The molecule has 12 rings (SSSR count). The van der Waals surface area contributed by atoms with Crippen LogP contribution in [0.2, 0.25) is 0 Å². The summed E-state index contributed by atoms with van der Waals surface area (Å²) in [4.78, 5) is 35.3. The third-order valence-corrected chi connectivity index (χ3v) is 20.2. The Morgan fingerprint density at radius 3 is 1.25 bits per heavy atom. The molecule has 0 spiro atoms. The fourth-order valence-electron chi connectivity index (χ4n) is 12.2. The largest absolute Gasteiger partial charge is 0.497 e. The van der Waals surface area contributed by atoms with E-state index < -0.39 is 47.0 Å². The molecule has 12 aromatic rings. The number of hydrogen-bond acceptors (Lipinski definition) is 15. The van der Waals surface area contributed by atoms with Crippen LogP contribution < -0.4 is 60.9 Å². The molecule has 16 nitrogen and oxygen atoms in total. The summed E-state index contributed by atoms with van der Waals surface area (Å²) in [5, 5.41) is 27.8. The van der Waals surface area contributed by atoms with Crippen molar-refractivity contribution >= 4 is 134 Å². The molecule has 0 saturated carbocycles. The summed E-state index contributed by atoms with van der Waals surface area (Å²) in [6.07, 6.45) is 0.872. The summed E-state index contributed by atoms with van der Waals surface area (Å²) in [5.41, 5.74) is 7.34. The van der Waals surface area contributed by atoms with Crippen molar-refractivity contribution in [1.29, 1.82) is 10.5 Å². The van der Waals surface area contributed by atoms with E-state index in [0.29, 0.717) is 101 Å². The average Bonchev–Trinajstić information content (AvgIpc) is 1.52. The fourth-order valence-corrected chi connectivity index (χ4v) is 14.9. The molecule has 100 heavy (non-hydrogen) atoms. The molecule has 0 aliphatic carbocycles. The van der Waals surface area contributed by atoms with Gasteiger partial charge in [0.1, 0.15) is 56.3 Å². The van der Waals surface area contributed by atoms with E-state index >= 15 is 0 Å². The number of sulfonamides is 1. The maximum Gasteiger partial charge on any atom is 0.355 e. The molecular weight excluding hydrogens is 1350 g/mol. The lowest BCUT2D eigenvalue weighted by Crippen LogP contribution is -2.54. The number of fused-ring (bicyclic) bond motifs is 3. The fraction of sp³-hybridized carbons (Fsp3) is 0.162. The standard InChI is InChI=1S/C74H60B2F4N8O8S4/c1-93-55-37-39-61-59(43-55)83-71(97-61)57(45-81)69-65-66(68(88(69)76(51-23-11-5-12-24-51)52-25-13-6-14-26-52)48-31-35-54(36-32-48)96-42-18-16-28-64(90)86-100(91,92)74(79)80)70(58(46-82)72-84-60-44-56(94-2)38-40-62(60)98-72)87(75(49-19-7-3-8-20-49)50-21-9-4-10-22-50)67(65)47-29-33-53(34-30-47)95-41-17-15-27-63(89)85-99-73(77)78/h3-14,19-26,29-40,43-44,73-74H,15-18,27-28,41-42H2,1-2H3,(H,85,89)(H,86,90)/b69-57-,70-58-. The van der Waals surface area contributed by atoms with Crippen molar-refractivity contribution in [3.05, 3.63) is 227 Å². The molecule has 4 heterocycles. The van der Waals surface area contributed by atoms with Gasteiger partial charge < -0.3 is 27.9 Å². The highest BCUT2D eigenvalue weighted by Gasteiger charge is 2.38. The Balaban J connectivity index is 1.22. The van der Waals surface area contributed by atoms with Crippen LogP contribution in [0.4, 0.5) is 17.6 Å². The van der Waals surface area contributed by atoms with Gasteiger partial charge in [-0.1, -0.05) is 143 Å². The van der Waals surface area contributed by atoms with E-state index in [2.05, 4.69) is 25.8 Å². The van der Waals surface area contributed by atoms with E-state index in [0.717, 1.165) is 31.3 Å². The van der Waals surface area contributed by atoms with Crippen LogP contribution in [0.1, 0.15) is 48.5 Å². The number of carbonyl (C=O) groups excluding carboxylic acids is 2. The second kappa shape index (κ2) is 31.5. The number of aromatic nitrogens is 4. The highest BCUT2D eigenvalue weighted by molar-refractivity contribution is 7.98. The molecule has 0 aliphatic heterocycles. The predicted molar refractivity (Wildman–Crippen MR) is 389 cm³/mol. The van der Waals surface area contributed by atoms with Crippen molar-refractivity contribution in [2.24, 2.45) is 0 Å². The minimum atomic E-state index is -5.12. The van der Waals surface area contributed by atoms with Crippen molar-refractivity contribution in [3.63, 3.8) is 0 Å². The highest BCUT2D eigenvalue weighted by Crippen LogP contribution is 2.40. The maximum absolute atomic E-state index is 13.1. The smallest absolute Gasteiger partial charge is 0.355 e. The summed E-state index contributed by atoms with van der Waals surface area (Å²) < 4.78 is 109. The number of amides is 2. The van der Waals surface area contributed by atoms with Gasteiger partial charge in [0.05, 0.1) is 58.6 Å². The van der Waals surface area contributed by atoms with Crippen molar-refractivity contribution in [3.8, 4) is 57.7 Å². The van der Waals surface area contributed by atoms with Crippen molar-refractivity contribution in [1.82, 2.24) is 28.4 Å². The monoisotopic (exact) mass is 1410 g/mol. The molecular formula is C74H60B2F4N8O8S4. The Morgan fingerprint density at radius 2 is 0.900 bits per heavy atom. The van der Waals surface area contributed by atoms with Gasteiger partial charge in [-0.25, -0.2) is 23.1 Å². The second-order valence-electron chi connectivity index (χ2n) is 22.9. The van der Waals surface area contributed by atoms with Gasteiger partial charge in [-0.3, -0.25) is 14.3 Å². The average molecular weight is 1420 g/mol. The van der Waals surface area contributed by atoms with Gasteiger partial charge in [-0.2, -0.15) is 28.1 Å². The summed E-state index contributed by atoms with van der Waals surface area (Å²) in [7, 11) is -1.97. The topological polar surface area (TPSA) is 212 Å². The predicted octanol–water partition coefficient (Wildman–Crippen LogP) is 11.5. The number of thiazole rings is 2. The molecule has 0 aliphatic rings. The quantitative estimate of drug-likeness (QED) is 0.0202. The van der Waals surface area contributed by atoms with Crippen LogP contribution >= 0.6 is 34.6 Å². The molecule has 0 saturated heterocycles. The molecule has 0 radical (unpaired) electrons. The number of ether oxygens (including phenoxy) is 4. The summed E-state index contributed by atoms with van der Waals surface area (Å²) in [5.74, 6) is -6.06. The first-order valence-corrected chi connectivity index (χ1v) is 35.7. The number of rotatable bonds is 28. The van der Waals surface area contributed by atoms with E-state index in [1.165, 1.54) is 27.4 Å². The lowest BCUT2D eigenvalue weighted by atomic mass is 9.50. The number of methoxy groups -OCH3 is 2.